The van der Waals surface area contributed by atoms with Crippen molar-refractivity contribution in [3.8, 4) is 0 Å². The van der Waals surface area contributed by atoms with Gasteiger partial charge in [-0.05, 0) is 57.1 Å². The van der Waals surface area contributed by atoms with E-state index < -0.39 is 0 Å². The van der Waals surface area contributed by atoms with Gasteiger partial charge in [-0.3, -0.25) is 4.79 Å². The average molecular weight is 443 g/mol. The number of benzene rings is 1. The van der Waals surface area contributed by atoms with Gasteiger partial charge in [-0.2, -0.15) is 11.8 Å². The highest BCUT2D eigenvalue weighted by Gasteiger charge is 2.39. The quantitative estimate of drug-likeness (QED) is 0.438. The molecule has 0 unspecified atom stereocenters. The van der Waals surface area contributed by atoms with E-state index in [1.807, 2.05) is 6.92 Å². The van der Waals surface area contributed by atoms with Gasteiger partial charge in [-0.15, -0.1) is 0 Å². The van der Waals surface area contributed by atoms with Gasteiger partial charge in [0.15, 0.2) is 5.78 Å². The van der Waals surface area contributed by atoms with Crippen LogP contribution in [0.5, 0.6) is 0 Å². The zero-order valence-corrected chi connectivity index (χ0v) is 19.9. The lowest BCUT2D eigenvalue weighted by Gasteiger charge is -2.34. The van der Waals surface area contributed by atoms with Crippen LogP contribution in [-0.2, 0) is 14.3 Å². The third-order valence-corrected chi connectivity index (χ3v) is 6.88. The number of rotatable bonds is 9. The van der Waals surface area contributed by atoms with Crippen molar-refractivity contribution in [3.63, 3.8) is 0 Å². The molecule has 31 heavy (non-hydrogen) atoms. The number of ether oxygens (including phenoxy) is 1. The first-order valence-corrected chi connectivity index (χ1v) is 12.5. The number of ketones is 1. The van der Waals surface area contributed by atoms with Crippen molar-refractivity contribution in [1.29, 1.82) is 0 Å². The van der Waals surface area contributed by atoms with Crippen molar-refractivity contribution in [1.82, 2.24) is 5.32 Å². The number of hydrogen-bond acceptors (Lipinski definition) is 6. The van der Waals surface area contributed by atoms with Gasteiger partial charge in [-0.25, -0.2) is 4.79 Å². The number of esters is 1. The van der Waals surface area contributed by atoms with Crippen LogP contribution in [0.4, 0.5) is 5.69 Å². The van der Waals surface area contributed by atoms with E-state index in [4.69, 9.17) is 4.74 Å². The summed E-state index contributed by atoms with van der Waals surface area (Å²) >= 11 is 1.74. The molecule has 1 aromatic carbocycles. The number of carbonyl (C=O) groups is 2. The maximum absolute atomic E-state index is 13.1. The molecule has 0 radical (unpaired) electrons. The first-order chi connectivity index (χ1) is 15.0. The molecule has 6 heteroatoms. The molecule has 0 spiro atoms. The number of Topliss-reactive ketones (excluding diaryl/α,β-unsaturated/α-hetero) is 1. The zero-order chi connectivity index (χ0) is 22.4. The van der Waals surface area contributed by atoms with E-state index in [0.29, 0.717) is 18.6 Å². The van der Waals surface area contributed by atoms with E-state index >= 15 is 0 Å². The summed E-state index contributed by atoms with van der Waals surface area (Å²) in [4.78, 5) is 28.4. The van der Waals surface area contributed by atoms with Crippen LogP contribution in [0.3, 0.4) is 0 Å². The molecule has 0 bridgehead atoms. The Morgan fingerprint density at radius 2 is 1.87 bits per heavy atom. The third-order valence-electron chi connectivity index (χ3n) is 6.02. The van der Waals surface area contributed by atoms with Gasteiger partial charge in [0.2, 0.25) is 0 Å². The minimum atomic E-state index is -0.374. The molecule has 1 aliphatic heterocycles. The molecular formula is C25H34N2O3S. The number of thioether (sulfide) groups is 1. The standard InChI is InChI=1S/C25H34N2O3S/c1-5-27(6-2)19-13-11-18(12-14-19)23-22(25(29)30-15-16-31-7-3)17(4)26-20-9-8-10-21(28)24(20)23/h11-14,23,26H,5-10,15-16H2,1-4H3/t23-/m0/s1. The molecule has 1 aliphatic carbocycles. The van der Waals surface area contributed by atoms with Crippen molar-refractivity contribution < 1.29 is 14.3 Å². The first kappa shape index (κ1) is 23.5. The van der Waals surface area contributed by atoms with Crippen LogP contribution in [0.15, 0.2) is 46.8 Å². The molecule has 1 N–H and O–H groups in total. The Kier molecular flexibility index (Phi) is 8.24. The van der Waals surface area contributed by atoms with Gasteiger partial charge >= 0.3 is 5.97 Å². The Bertz CT molecular complexity index is 869. The van der Waals surface area contributed by atoms with Gasteiger partial charge in [0.05, 0.1) is 5.57 Å². The lowest BCUT2D eigenvalue weighted by Crippen LogP contribution is -2.34. The fourth-order valence-corrected chi connectivity index (χ4v) is 4.96. The minimum Gasteiger partial charge on any atom is -0.461 e. The second kappa shape index (κ2) is 10.9. The molecule has 0 amide bonds. The minimum absolute atomic E-state index is 0.130. The maximum atomic E-state index is 13.1. The van der Waals surface area contributed by atoms with Crippen LogP contribution in [0, 0.1) is 0 Å². The molecule has 0 fully saturated rings. The highest BCUT2D eigenvalue weighted by molar-refractivity contribution is 7.99. The lowest BCUT2D eigenvalue weighted by molar-refractivity contribution is -0.138. The predicted octanol–water partition coefficient (Wildman–Crippen LogP) is 4.80. The molecule has 3 rings (SSSR count). The monoisotopic (exact) mass is 442 g/mol. The molecule has 1 atom stereocenters. The number of carbonyl (C=O) groups excluding carboxylic acids is 2. The van der Waals surface area contributed by atoms with E-state index in [2.05, 4.69) is 55.3 Å². The molecule has 0 saturated heterocycles. The maximum Gasteiger partial charge on any atom is 0.336 e. The Morgan fingerprint density at radius 3 is 2.52 bits per heavy atom. The van der Waals surface area contributed by atoms with Crippen LogP contribution in [0.2, 0.25) is 0 Å². The van der Waals surface area contributed by atoms with Gasteiger partial charge in [0.1, 0.15) is 6.61 Å². The topological polar surface area (TPSA) is 58.6 Å². The Labute approximate surface area is 190 Å². The molecule has 0 saturated carbocycles. The molecule has 5 nitrogen and oxygen atoms in total. The van der Waals surface area contributed by atoms with Crippen LogP contribution in [0.25, 0.3) is 0 Å². The Balaban J connectivity index is 1.97. The van der Waals surface area contributed by atoms with Gasteiger partial charge < -0.3 is 15.0 Å². The van der Waals surface area contributed by atoms with Gasteiger partial charge in [-0.1, -0.05) is 19.1 Å². The Morgan fingerprint density at radius 1 is 1.16 bits per heavy atom. The summed E-state index contributed by atoms with van der Waals surface area (Å²) in [5.41, 5.74) is 5.17. The molecule has 0 aromatic heterocycles. The summed E-state index contributed by atoms with van der Waals surface area (Å²) in [6, 6.07) is 8.30. The average Bonchev–Trinajstić information content (AvgIpc) is 2.77. The first-order valence-electron chi connectivity index (χ1n) is 11.4. The predicted molar refractivity (Wildman–Crippen MR) is 128 cm³/mol. The summed E-state index contributed by atoms with van der Waals surface area (Å²) in [6.45, 7) is 10.5. The lowest BCUT2D eigenvalue weighted by atomic mass is 9.75. The van der Waals surface area contributed by atoms with E-state index in [9.17, 15) is 9.59 Å². The number of dihydropyridines is 1. The van der Waals surface area contributed by atoms with E-state index in [1.54, 1.807) is 11.8 Å². The fourth-order valence-electron chi connectivity index (χ4n) is 4.47. The normalized spacial score (nSPS) is 18.6. The van der Waals surface area contributed by atoms with Crippen LogP contribution in [-0.4, -0.2) is 43.0 Å². The number of anilines is 1. The van der Waals surface area contributed by atoms with E-state index in [-0.39, 0.29) is 17.7 Å². The van der Waals surface area contributed by atoms with E-state index in [0.717, 1.165) is 65.7 Å². The molecular weight excluding hydrogens is 408 g/mol. The highest BCUT2D eigenvalue weighted by atomic mass is 32.2. The van der Waals surface area contributed by atoms with Crippen molar-refractivity contribution in [3.05, 3.63) is 52.4 Å². The summed E-state index contributed by atoms with van der Waals surface area (Å²) in [5.74, 6) is 1.20. The second-order valence-corrected chi connectivity index (χ2v) is 9.26. The molecule has 2 aliphatic rings. The van der Waals surface area contributed by atoms with Gasteiger partial charge in [0.25, 0.3) is 0 Å². The number of nitrogens with zero attached hydrogens (tertiary/aromatic N) is 1. The summed E-state index contributed by atoms with van der Waals surface area (Å²) in [5, 5.41) is 3.35. The smallest absolute Gasteiger partial charge is 0.336 e. The molecule has 1 aromatic rings. The summed E-state index contributed by atoms with van der Waals surface area (Å²) in [6.07, 6.45) is 2.21. The third kappa shape index (κ3) is 5.17. The molecule has 1 heterocycles. The van der Waals surface area contributed by atoms with Gasteiger partial charge in [0, 0.05) is 53.8 Å². The zero-order valence-electron chi connectivity index (χ0n) is 19.1. The number of nitrogens with one attached hydrogen (secondary N) is 1. The Hall–Kier alpha value is -2.21. The number of allylic oxidation sites excluding steroid dienone is 3. The van der Waals surface area contributed by atoms with Crippen LogP contribution >= 0.6 is 11.8 Å². The fraction of sp³-hybridized carbons (Fsp3) is 0.520. The van der Waals surface area contributed by atoms with Crippen LogP contribution < -0.4 is 10.2 Å². The van der Waals surface area contributed by atoms with Crippen molar-refractivity contribution >= 4 is 29.2 Å². The second-order valence-electron chi connectivity index (χ2n) is 7.86. The summed E-state index contributed by atoms with van der Waals surface area (Å²) in [7, 11) is 0. The van der Waals surface area contributed by atoms with Crippen molar-refractivity contribution in [2.75, 3.05) is 36.1 Å². The van der Waals surface area contributed by atoms with Crippen LogP contribution in [0.1, 0.15) is 58.4 Å². The summed E-state index contributed by atoms with van der Waals surface area (Å²) < 4.78 is 5.62. The van der Waals surface area contributed by atoms with Crippen molar-refractivity contribution in [2.45, 2.75) is 52.9 Å². The SMILES string of the molecule is CCSCCOC(=O)C1=C(C)NC2=C(C(=O)CCC2)[C@H]1c1ccc(N(CC)CC)cc1. The number of hydrogen-bond donors (Lipinski definition) is 1. The highest BCUT2D eigenvalue weighted by Crippen LogP contribution is 2.42. The molecule has 168 valence electrons. The largest absolute Gasteiger partial charge is 0.461 e. The van der Waals surface area contributed by atoms with Crippen molar-refractivity contribution in [2.24, 2.45) is 0 Å². The van der Waals surface area contributed by atoms with E-state index in [1.165, 1.54) is 0 Å².